The van der Waals surface area contributed by atoms with Crippen LogP contribution in [-0.2, 0) is 17.5 Å². The van der Waals surface area contributed by atoms with Crippen LogP contribution in [0.15, 0.2) is 24.3 Å². The average Bonchev–Trinajstić information content (AvgIpc) is 2.58. The number of unbranched alkanes of at least 4 members (excludes halogenated alkanes) is 1. The molecule has 4 nitrogen and oxygen atoms in total. The number of alkyl halides is 3. The molecule has 24 heavy (non-hydrogen) atoms. The Hall–Kier alpha value is -1.76. The molecule has 1 fully saturated rings. The number of benzene rings is 1. The Labute approximate surface area is 140 Å². The lowest BCUT2D eigenvalue weighted by Crippen LogP contribution is -2.48. The summed E-state index contributed by atoms with van der Waals surface area (Å²) in [6.07, 6.45) is -2.96. The van der Waals surface area contributed by atoms with Crippen LogP contribution in [0.4, 0.5) is 18.0 Å². The zero-order valence-electron chi connectivity index (χ0n) is 13.5. The molecule has 1 aromatic rings. The highest BCUT2D eigenvalue weighted by Crippen LogP contribution is 2.29. The molecule has 0 aliphatic carbocycles. The first kappa shape index (κ1) is 18.6. The molecule has 7 heteroatoms. The summed E-state index contributed by atoms with van der Waals surface area (Å²) in [6.45, 7) is 7.30. The van der Waals surface area contributed by atoms with Crippen molar-refractivity contribution >= 4 is 6.09 Å². The molecule has 0 N–H and O–H groups in total. The third kappa shape index (κ3) is 5.40. The molecule has 1 radical (unpaired) electrons. The summed E-state index contributed by atoms with van der Waals surface area (Å²) in [5.74, 6) is 0. The van der Waals surface area contributed by atoms with E-state index in [1.54, 1.807) is 4.90 Å². The van der Waals surface area contributed by atoms with Crippen LogP contribution >= 0.6 is 0 Å². The number of amides is 1. The minimum Gasteiger partial charge on any atom is -0.445 e. The number of carbonyl (C=O) groups excluding carboxylic acids is 1. The van der Waals surface area contributed by atoms with Gasteiger partial charge in [-0.15, -0.1) is 0 Å². The Morgan fingerprint density at radius 1 is 1.21 bits per heavy atom. The third-order valence-corrected chi connectivity index (χ3v) is 3.97. The molecule has 1 aliphatic heterocycles. The second kappa shape index (κ2) is 8.37. The van der Waals surface area contributed by atoms with E-state index in [0.717, 1.165) is 44.6 Å². The molecule has 0 aromatic heterocycles. The molecular weight excluding hydrogens is 321 g/mol. The van der Waals surface area contributed by atoms with Crippen molar-refractivity contribution in [3.8, 4) is 0 Å². The van der Waals surface area contributed by atoms with Crippen molar-refractivity contribution in [3.05, 3.63) is 42.3 Å². The van der Waals surface area contributed by atoms with E-state index in [1.165, 1.54) is 12.1 Å². The van der Waals surface area contributed by atoms with E-state index in [-0.39, 0.29) is 6.61 Å². The summed E-state index contributed by atoms with van der Waals surface area (Å²) in [6, 6.07) is 4.83. The van der Waals surface area contributed by atoms with Crippen LogP contribution in [0.3, 0.4) is 0 Å². The average molecular weight is 343 g/mol. The van der Waals surface area contributed by atoms with Crippen molar-refractivity contribution in [2.24, 2.45) is 0 Å². The zero-order chi connectivity index (χ0) is 17.6. The normalized spacial score (nSPS) is 16.2. The summed E-state index contributed by atoms with van der Waals surface area (Å²) >= 11 is 0. The fraction of sp³-hybridized carbons (Fsp3) is 0.529. The highest BCUT2D eigenvalue weighted by molar-refractivity contribution is 5.67. The van der Waals surface area contributed by atoms with Crippen LogP contribution in [-0.4, -0.2) is 48.6 Å². The summed E-state index contributed by atoms with van der Waals surface area (Å²) in [5, 5.41) is 0. The monoisotopic (exact) mass is 343 g/mol. The fourth-order valence-electron chi connectivity index (χ4n) is 2.56. The number of piperazine rings is 1. The van der Waals surface area contributed by atoms with Gasteiger partial charge in [0, 0.05) is 26.2 Å². The van der Waals surface area contributed by atoms with E-state index in [4.69, 9.17) is 4.74 Å². The smallest absolute Gasteiger partial charge is 0.416 e. The first-order valence-electron chi connectivity index (χ1n) is 7.99. The topological polar surface area (TPSA) is 32.8 Å². The van der Waals surface area contributed by atoms with Gasteiger partial charge in [0.2, 0.25) is 0 Å². The van der Waals surface area contributed by atoms with E-state index in [2.05, 4.69) is 11.8 Å². The molecule has 1 aliphatic rings. The minimum absolute atomic E-state index is 0.162. The second-order valence-electron chi connectivity index (χ2n) is 5.79. The van der Waals surface area contributed by atoms with Gasteiger partial charge < -0.3 is 9.64 Å². The van der Waals surface area contributed by atoms with Gasteiger partial charge in [-0.3, -0.25) is 4.90 Å². The van der Waals surface area contributed by atoms with E-state index in [0.29, 0.717) is 18.7 Å². The molecule has 0 atom stereocenters. The first-order chi connectivity index (χ1) is 11.4. The maximum atomic E-state index is 12.7. The summed E-state index contributed by atoms with van der Waals surface area (Å²) < 4.78 is 43.1. The lowest BCUT2D eigenvalue weighted by Gasteiger charge is -2.34. The van der Waals surface area contributed by atoms with E-state index in [1.807, 2.05) is 0 Å². The predicted molar refractivity (Wildman–Crippen MR) is 84.2 cm³/mol. The van der Waals surface area contributed by atoms with Crippen LogP contribution in [0.25, 0.3) is 0 Å². The molecule has 133 valence electrons. The predicted octanol–water partition coefficient (Wildman–Crippen LogP) is 3.57. The van der Waals surface area contributed by atoms with Gasteiger partial charge >= 0.3 is 12.3 Å². The molecule has 1 saturated heterocycles. The number of nitrogens with zero attached hydrogens (tertiary/aromatic N) is 2. The zero-order valence-corrected chi connectivity index (χ0v) is 13.5. The number of rotatable bonds is 5. The number of carbonyl (C=O) groups is 1. The van der Waals surface area contributed by atoms with Crippen molar-refractivity contribution in [1.82, 2.24) is 9.80 Å². The fourth-order valence-corrected chi connectivity index (χ4v) is 2.56. The van der Waals surface area contributed by atoms with Gasteiger partial charge in [0.25, 0.3) is 0 Å². The summed E-state index contributed by atoms with van der Waals surface area (Å²) in [4.78, 5) is 15.9. The summed E-state index contributed by atoms with van der Waals surface area (Å²) in [5.41, 5.74) is -0.415. The van der Waals surface area contributed by atoms with Crippen molar-refractivity contribution < 1.29 is 22.7 Å². The van der Waals surface area contributed by atoms with Gasteiger partial charge in [0.1, 0.15) is 6.61 Å². The van der Waals surface area contributed by atoms with Crippen LogP contribution in [0.2, 0.25) is 0 Å². The molecule has 1 amide bonds. The molecule has 2 rings (SSSR count). The van der Waals surface area contributed by atoms with Gasteiger partial charge in [-0.25, -0.2) is 4.79 Å². The van der Waals surface area contributed by atoms with Crippen LogP contribution < -0.4 is 0 Å². The largest absolute Gasteiger partial charge is 0.445 e. The van der Waals surface area contributed by atoms with Crippen molar-refractivity contribution in [2.45, 2.75) is 25.6 Å². The highest BCUT2D eigenvalue weighted by atomic mass is 19.4. The quantitative estimate of drug-likeness (QED) is 0.819. The van der Waals surface area contributed by atoms with Crippen LogP contribution in [0, 0.1) is 6.92 Å². The van der Waals surface area contributed by atoms with Gasteiger partial charge in [-0.1, -0.05) is 25.5 Å². The molecule has 0 bridgehead atoms. The van der Waals surface area contributed by atoms with Crippen LogP contribution in [0.5, 0.6) is 0 Å². The lowest BCUT2D eigenvalue weighted by molar-refractivity contribution is -0.137. The standard InChI is InChI=1S/C17H22F3N2O2/c1-2-3-7-21-8-10-22(11-9-21)16(23)24-13-14-5-4-6-15(12-14)17(18,19)20/h4-6,12H,1-3,7-11,13H2. The van der Waals surface area contributed by atoms with Crippen molar-refractivity contribution in [2.75, 3.05) is 32.7 Å². The Morgan fingerprint density at radius 3 is 2.54 bits per heavy atom. The second-order valence-corrected chi connectivity index (χ2v) is 5.79. The number of halogens is 3. The minimum atomic E-state index is -4.40. The first-order valence-corrected chi connectivity index (χ1v) is 7.99. The number of hydrogen-bond acceptors (Lipinski definition) is 3. The van der Waals surface area contributed by atoms with Gasteiger partial charge in [0.05, 0.1) is 5.56 Å². The third-order valence-electron chi connectivity index (χ3n) is 3.97. The Kier molecular flexibility index (Phi) is 6.48. The van der Waals surface area contributed by atoms with Gasteiger partial charge in [-0.05, 0) is 30.7 Å². The lowest BCUT2D eigenvalue weighted by atomic mass is 10.1. The maximum Gasteiger partial charge on any atom is 0.416 e. The van der Waals surface area contributed by atoms with E-state index >= 15 is 0 Å². The number of hydrogen-bond donors (Lipinski definition) is 0. The summed E-state index contributed by atoms with van der Waals surface area (Å²) in [7, 11) is 0. The molecule has 1 heterocycles. The van der Waals surface area contributed by atoms with Crippen molar-refractivity contribution in [3.63, 3.8) is 0 Å². The van der Waals surface area contributed by atoms with Gasteiger partial charge in [0.15, 0.2) is 0 Å². The number of ether oxygens (including phenoxy) is 1. The van der Waals surface area contributed by atoms with Gasteiger partial charge in [-0.2, -0.15) is 13.2 Å². The van der Waals surface area contributed by atoms with Crippen molar-refractivity contribution in [1.29, 1.82) is 0 Å². The molecule has 1 aromatic carbocycles. The Balaban J connectivity index is 1.80. The Morgan fingerprint density at radius 2 is 1.92 bits per heavy atom. The Bertz CT molecular complexity index is 541. The molecular formula is C17H22F3N2O2. The van der Waals surface area contributed by atoms with E-state index < -0.39 is 17.8 Å². The van der Waals surface area contributed by atoms with E-state index in [9.17, 15) is 18.0 Å². The van der Waals surface area contributed by atoms with Crippen LogP contribution in [0.1, 0.15) is 24.0 Å². The molecule has 0 saturated carbocycles. The maximum absolute atomic E-state index is 12.7. The molecule has 0 spiro atoms. The molecule has 0 unspecified atom stereocenters. The SMILES string of the molecule is [CH2]CCCN1CCN(C(=O)OCc2cccc(C(F)(F)F)c2)CC1. The highest BCUT2D eigenvalue weighted by Gasteiger charge is 2.30.